The first-order valence-electron chi connectivity index (χ1n) is 14.3. The number of hydrogen-bond acceptors (Lipinski definition) is 7. The number of carbonyl (C=O) groups is 2. The van der Waals surface area contributed by atoms with Crippen LogP contribution in [0.5, 0.6) is 5.75 Å². The summed E-state index contributed by atoms with van der Waals surface area (Å²) < 4.78 is 20.6. The van der Waals surface area contributed by atoms with Crippen molar-refractivity contribution in [3.05, 3.63) is 102 Å². The molecular weight excluding hydrogens is 561 g/mol. The summed E-state index contributed by atoms with van der Waals surface area (Å²) in [5.41, 5.74) is 5.05. The minimum Gasteiger partial charge on any atom is -0.492 e. The molecule has 0 fully saturated rings. The number of likely N-dealkylation sites (N-methyl/N-ethyl adjacent to an activating group) is 1. The van der Waals surface area contributed by atoms with Gasteiger partial charge in [-0.05, 0) is 86.7 Å². The predicted molar refractivity (Wildman–Crippen MR) is 169 cm³/mol. The molecule has 44 heavy (non-hydrogen) atoms. The third-order valence-corrected chi connectivity index (χ3v) is 6.75. The topological polar surface area (TPSA) is 113 Å². The van der Waals surface area contributed by atoms with E-state index in [0.717, 1.165) is 23.2 Å². The highest BCUT2D eigenvalue weighted by atomic mass is 19.1. The summed E-state index contributed by atoms with van der Waals surface area (Å²) in [6.07, 6.45) is 2.03. The Morgan fingerprint density at radius 3 is 2.43 bits per heavy atom. The minimum absolute atomic E-state index is 0.157. The van der Waals surface area contributed by atoms with E-state index in [1.165, 1.54) is 12.1 Å². The van der Waals surface area contributed by atoms with Gasteiger partial charge >= 0.3 is 0 Å². The van der Waals surface area contributed by atoms with Crippen LogP contribution in [0.3, 0.4) is 0 Å². The maximum atomic E-state index is 13.1. The van der Waals surface area contributed by atoms with Gasteiger partial charge in [-0.3, -0.25) is 9.59 Å². The lowest BCUT2D eigenvalue weighted by Gasteiger charge is -2.13. The number of aromatic nitrogens is 3. The maximum Gasteiger partial charge on any atom is 0.251 e. The molecule has 226 valence electrons. The molecule has 0 aliphatic heterocycles. The highest BCUT2D eigenvalue weighted by Crippen LogP contribution is 2.29. The van der Waals surface area contributed by atoms with Crippen LogP contribution in [-0.2, 0) is 11.2 Å². The number of rotatable bonds is 12. The largest absolute Gasteiger partial charge is 0.492 e. The highest BCUT2D eigenvalue weighted by molar-refractivity contribution is 5.95. The number of nitrogens with one attached hydrogen (secondary N) is 3. The number of halogens is 1. The first kappa shape index (κ1) is 30.2. The average molecular weight is 596 g/mol. The van der Waals surface area contributed by atoms with Crippen molar-refractivity contribution in [2.45, 2.75) is 13.3 Å². The van der Waals surface area contributed by atoms with Gasteiger partial charge in [0.1, 0.15) is 11.6 Å². The summed E-state index contributed by atoms with van der Waals surface area (Å²) in [4.78, 5) is 31.6. The number of carbonyl (C=O) groups excluding carboxylic acids is 2. The molecule has 5 aromatic rings. The molecule has 0 radical (unpaired) electrons. The van der Waals surface area contributed by atoms with E-state index in [2.05, 4.69) is 26.0 Å². The van der Waals surface area contributed by atoms with E-state index in [1.807, 2.05) is 68.5 Å². The number of hydrogen-bond donors (Lipinski definition) is 3. The van der Waals surface area contributed by atoms with Gasteiger partial charge < -0.3 is 25.6 Å². The van der Waals surface area contributed by atoms with Gasteiger partial charge in [-0.15, -0.1) is 5.10 Å². The van der Waals surface area contributed by atoms with E-state index in [-0.39, 0.29) is 24.1 Å². The van der Waals surface area contributed by atoms with Crippen LogP contribution >= 0.6 is 0 Å². The Labute approximate surface area is 254 Å². The molecule has 3 aromatic carbocycles. The molecular formula is C33H34FN7O3. The van der Waals surface area contributed by atoms with Gasteiger partial charge in [0.05, 0.1) is 18.7 Å². The molecule has 11 heteroatoms. The molecule has 2 amide bonds. The van der Waals surface area contributed by atoms with Crippen molar-refractivity contribution in [3.8, 4) is 16.9 Å². The Morgan fingerprint density at radius 1 is 0.955 bits per heavy atom. The van der Waals surface area contributed by atoms with E-state index >= 15 is 0 Å². The van der Waals surface area contributed by atoms with Crippen LogP contribution in [0, 0.1) is 5.82 Å². The second-order valence-electron chi connectivity index (χ2n) is 10.4. The molecule has 0 atom stereocenters. The van der Waals surface area contributed by atoms with Crippen LogP contribution in [-0.4, -0.2) is 65.1 Å². The number of benzene rings is 3. The summed E-state index contributed by atoms with van der Waals surface area (Å²) in [7, 11) is 3.91. The molecule has 5 rings (SSSR count). The average Bonchev–Trinajstić information content (AvgIpc) is 3.41. The normalized spacial score (nSPS) is 11.0. The second-order valence-corrected chi connectivity index (χ2v) is 10.4. The molecule has 0 saturated carbocycles. The molecule has 2 aromatic heterocycles. The number of amides is 2. The number of nitrogens with zero attached hydrogens (tertiary/aromatic N) is 4. The highest BCUT2D eigenvalue weighted by Gasteiger charge is 2.14. The van der Waals surface area contributed by atoms with Crippen LogP contribution in [0.1, 0.15) is 22.8 Å². The third-order valence-electron chi connectivity index (χ3n) is 6.75. The number of anilines is 3. The summed E-state index contributed by atoms with van der Waals surface area (Å²) in [5, 5.41) is 13.6. The summed E-state index contributed by atoms with van der Waals surface area (Å²) in [6.45, 7) is 3.60. The van der Waals surface area contributed by atoms with E-state index in [9.17, 15) is 14.0 Å². The summed E-state index contributed by atoms with van der Waals surface area (Å²) in [6, 6.07) is 22.4. The Balaban J connectivity index is 1.25. The Morgan fingerprint density at radius 2 is 1.70 bits per heavy atom. The van der Waals surface area contributed by atoms with Crippen molar-refractivity contribution in [1.82, 2.24) is 24.8 Å². The van der Waals surface area contributed by atoms with Crippen molar-refractivity contribution in [2.75, 3.05) is 44.4 Å². The molecule has 0 unspecified atom stereocenters. The minimum atomic E-state index is -0.333. The maximum absolute atomic E-state index is 13.1. The summed E-state index contributed by atoms with van der Waals surface area (Å²) in [5.74, 6) is 0.222. The zero-order valence-electron chi connectivity index (χ0n) is 24.8. The van der Waals surface area contributed by atoms with Gasteiger partial charge in [-0.2, -0.15) is 4.98 Å². The van der Waals surface area contributed by atoms with E-state index < -0.39 is 0 Å². The smallest absolute Gasteiger partial charge is 0.251 e. The summed E-state index contributed by atoms with van der Waals surface area (Å²) >= 11 is 0. The van der Waals surface area contributed by atoms with Crippen LogP contribution in [0.25, 0.3) is 16.8 Å². The van der Waals surface area contributed by atoms with Gasteiger partial charge in [0.2, 0.25) is 11.9 Å². The monoisotopic (exact) mass is 595 g/mol. The zero-order valence-corrected chi connectivity index (χ0v) is 24.8. The Bertz CT molecular complexity index is 1750. The van der Waals surface area contributed by atoms with Crippen LogP contribution < -0.4 is 20.7 Å². The Kier molecular flexibility index (Phi) is 9.46. The van der Waals surface area contributed by atoms with Gasteiger partial charge in [0.25, 0.3) is 5.91 Å². The molecule has 0 aliphatic carbocycles. The predicted octanol–water partition coefficient (Wildman–Crippen LogP) is 5.15. The van der Waals surface area contributed by atoms with Crippen molar-refractivity contribution < 1.29 is 18.7 Å². The molecule has 0 saturated heterocycles. The van der Waals surface area contributed by atoms with E-state index in [0.29, 0.717) is 47.4 Å². The van der Waals surface area contributed by atoms with Crippen LogP contribution in [0.15, 0.2) is 85.1 Å². The fourth-order valence-corrected chi connectivity index (χ4v) is 4.50. The first-order chi connectivity index (χ1) is 21.3. The van der Waals surface area contributed by atoms with Gasteiger partial charge in [-0.25, -0.2) is 8.91 Å². The van der Waals surface area contributed by atoms with E-state index in [4.69, 9.17) is 4.74 Å². The van der Waals surface area contributed by atoms with Crippen molar-refractivity contribution in [1.29, 1.82) is 0 Å². The van der Waals surface area contributed by atoms with Crippen LogP contribution in [0.4, 0.5) is 21.7 Å². The number of fused-ring (bicyclic) bond motifs is 1. The SMILES string of the molecule is CCOc1cc(C(=O)NCCN(C)C)ccc1Nc1nc2ccc(-c3ccc(NC(=O)Cc4ccc(F)cc4)cc3)cn2n1. The second kappa shape index (κ2) is 13.8. The molecule has 0 spiro atoms. The van der Waals surface area contributed by atoms with Crippen LogP contribution in [0.2, 0.25) is 0 Å². The lowest BCUT2D eigenvalue weighted by atomic mass is 10.1. The molecule has 2 heterocycles. The van der Waals surface area contributed by atoms with E-state index in [1.54, 1.807) is 34.8 Å². The van der Waals surface area contributed by atoms with Gasteiger partial charge in [-0.1, -0.05) is 24.3 Å². The lowest BCUT2D eigenvalue weighted by Crippen LogP contribution is -2.31. The fourth-order valence-electron chi connectivity index (χ4n) is 4.50. The standard InChI is InChI=1S/C33H34FN7O3/c1-4-44-29-20-24(32(43)35-17-18-40(2)3)9-15-28(29)37-33-38-30-16-10-25(21-41(30)39-33)23-7-13-27(14-8-23)36-31(42)19-22-5-11-26(34)12-6-22/h5-16,20-21H,4,17-19H2,1-3H3,(H,35,43)(H,36,42)(H,37,39). The molecule has 0 aliphatic rings. The number of pyridine rings is 1. The fraction of sp³-hybridized carbons (Fsp3) is 0.212. The lowest BCUT2D eigenvalue weighted by molar-refractivity contribution is -0.115. The zero-order chi connectivity index (χ0) is 31.1. The van der Waals surface area contributed by atoms with Crippen molar-refractivity contribution >= 4 is 34.8 Å². The molecule has 0 bridgehead atoms. The van der Waals surface area contributed by atoms with Crippen molar-refractivity contribution in [3.63, 3.8) is 0 Å². The Hall–Kier alpha value is -5.29. The van der Waals surface area contributed by atoms with Gasteiger partial charge in [0.15, 0.2) is 5.65 Å². The van der Waals surface area contributed by atoms with Crippen molar-refractivity contribution in [2.24, 2.45) is 0 Å². The van der Waals surface area contributed by atoms with Gasteiger partial charge in [0, 0.05) is 36.1 Å². The quantitative estimate of drug-likeness (QED) is 0.183. The third kappa shape index (κ3) is 7.75. The first-order valence-corrected chi connectivity index (χ1v) is 14.3. The number of ether oxygens (including phenoxy) is 1. The molecule has 3 N–H and O–H groups in total. The molecule has 10 nitrogen and oxygen atoms in total.